The summed E-state index contributed by atoms with van der Waals surface area (Å²) in [6.45, 7) is 0.258. The van der Waals surface area contributed by atoms with Gasteiger partial charge in [0.2, 0.25) is 17.7 Å². The zero-order chi connectivity index (χ0) is 53.4. The van der Waals surface area contributed by atoms with Gasteiger partial charge < -0.3 is 81.3 Å². The lowest BCUT2D eigenvalue weighted by atomic mass is 10.00. The van der Waals surface area contributed by atoms with E-state index >= 15 is 0 Å². The molecule has 21 N–H and O–H groups in total. The van der Waals surface area contributed by atoms with E-state index in [1.807, 2.05) is 72.8 Å². The molecule has 0 aliphatic carbocycles. The van der Waals surface area contributed by atoms with Gasteiger partial charge in [0.05, 0.1) is 19.6 Å². The summed E-state index contributed by atoms with van der Waals surface area (Å²) in [5.41, 5.74) is 36.8. The van der Waals surface area contributed by atoms with Gasteiger partial charge in [0.25, 0.3) is 17.7 Å². The minimum Gasteiger partial charge on any atom is -0.370 e. The van der Waals surface area contributed by atoms with Crippen molar-refractivity contribution in [2.24, 2.45) is 49.4 Å². The average Bonchev–Trinajstić information content (AvgIpc) is 4.13. The Morgan fingerprint density at radius 1 is 0.413 bits per heavy atom. The Morgan fingerprint density at radius 3 is 0.947 bits per heavy atom. The second kappa shape index (κ2) is 25.0. The van der Waals surface area contributed by atoms with Gasteiger partial charge in [-0.15, -0.1) is 0 Å². The van der Waals surface area contributed by atoms with Crippen LogP contribution in [0.1, 0.15) is 47.8 Å². The fourth-order valence-corrected chi connectivity index (χ4v) is 8.40. The quantitative estimate of drug-likeness (QED) is 0.0204. The number of rotatable bonds is 24. The van der Waals surface area contributed by atoms with Crippen molar-refractivity contribution < 1.29 is 28.8 Å². The number of aliphatic imine (C=N–C) groups is 3. The highest BCUT2D eigenvalue weighted by Crippen LogP contribution is 2.23. The van der Waals surface area contributed by atoms with E-state index in [-0.39, 0.29) is 93.1 Å². The van der Waals surface area contributed by atoms with Crippen LogP contribution in [0.3, 0.4) is 0 Å². The summed E-state index contributed by atoms with van der Waals surface area (Å²) < 4.78 is 0. The number of amides is 6. The number of benzene rings is 4. The molecule has 7 rings (SSSR count). The molecule has 0 spiro atoms. The fourth-order valence-electron chi connectivity index (χ4n) is 8.40. The summed E-state index contributed by atoms with van der Waals surface area (Å²) in [5, 5.41) is 19.1. The van der Waals surface area contributed by atoms with Crippen LogP contribution in [0, 0.1) is 0 Å². The van der Waals surface area contributed by atoms with Gasteiger partial charge >= 0.3 is 0 Å². The van der Waals surface area contributed by atoms with E-state index in [4.69, 9.17) is 34.4 Å². The molecule has 0 saturated heterocycles. The summed E-state index contributed by atoms with van der Waals surface area (Å²) in [6.07, 6.45) is 5.24. The fraction of sp³-hybridized carbons (Fsp3) is 0.235. The van der Waals surface area contributed by atoms with Gasteiger partial charge in [-0.3, -0.25) is 43.7 Å². The molecule has 6 amide bonds. The van der Waals surface area contributed by atoms with Crippen LogP contribution in [0.5, 0.6) is 0 Å². The molecule has 75 heavy (non-hydrogen) atoms. The maximum absolute atomic E-state index is 14.6. The molecule has 0 fully saturated rings. The van der Waals surface area contributed by atoms with Gasteiger partial charge in [0, 0.05) is 107 Å². The lowest BCUT2D eigenvalue weighted by Crippen LogP contribution is -2.49. The number of hydrogen-bond acceptors (Lipinski definition) is 9. The van der Waals surface area contributed by atoms with Crippen molar-refractivity contribution in [3.05, 3.63) is 143 Å². The molecule has 0 bridgehead atoms. The van der Waals surface area contributed by atoms with Crippen LogP contribution >= 0.6 is 0 Å². The lowest BCUT2D eigenvalue weighted by molar-refractivity contribution is -0.123. The highest BCUT2D eigenvalue weighted by molar-refractivity contribution is 6.07. The number of hydrogen-bond donors (Lipinski definition) is 15. The van der Waals surface area contributed by atoms with Gasteiger partial charge in [-0.2, -0.15) is 0 Å². The second-order valence-electron chi connectivity index (χ2n) is 17.4. The third-order valence-electron chi connectivity index (χ3n) is 12.0. The van der Waals surface area contributed by atoms with Crippen LogP contribution in [0.2, 0.25) is 0 Å². The standard InChI is InChI=1S/C51H60N18O6/c52-49(53)61-16-13-58-46(73)40(22-31-25-64-37-10-4-1-7-34(31)37)67-43(70)28-19-29(44(71)68-41(47(74)59-14-17-62-50(54)55)23-32-26-65-38-11-5-2-8-35(32)38)21-30(20-28)45(72)69-42(48(75)60-15-18-63-51(56)57)24-33-27-66-39-12-6-3-9-36(33)39/h1-12,19-21,25-27,40-42,64-66H,13-18,22-24H2,(H,58,73)(H,59,74)(H,60,75)(H,67,70)(H,68,71)(H,69,72)(H4,52,53,61)(H4,54,55,62)(H4,56,57,63)/t40-,41-,42-/m0/s1. The summed E-state index contributed by atoms with van der Waals surface area (Å²) in [7, 11) is 0. The Balaban J connectivity index is 1.24. The van der Waals surface area contributed by atoms with Gasteiger partial charge in [0.15, 0.2) is 17.9 Å². The van der Waals surface area contributed by atoms with Crippen molar-refractivity contribution in [1.82, 2.24) is 46.9 Å². The minimum atomic E-state index is -1.21. The molecule has 3 aromatic heterocycles. The Morgan fingerprint density at radius 2 is 0.680 bits per heavy atom. The predicted octanol–water partition coefficient (Wildman–Crippen LogP) is -0.677. The van der Waals surface area contributed by atoms with E-state index in [0.717, 1.165) is 32.7 Å². The summed E-state index contributed by atoms with van der Waals surface area (Å²) >= 11 is 0. The summed E-state index contributed by atoms with van der Waals surface area (Å²) in [4.78, 5) is 107. The number of nitrogens with zero attached hydrogens (tertiary/aromatic N) is 3. The van der Waals surface area contributed by atoms with Gasteiger partial charge in [-0.1, -0.05) is 54.6 Å². The third-order valence-corrected chi connectivity index (χ3v) is 12.0. The minimum absolute atomic E-state index is 0.0129. The van der Waals surface area contributed by atoms with E-state index < -0.39 is 53.6 Å². The van der Waals surface area contributed by atoms with Gasteiger partial charge in [-0.25, -0.2) is 0 Å². The van der Waals surface area contributed by atoms with Crippen LogP contribution in [0.25, 0.3) is 32.7 Å². The molecule has 0 aliphatic rings. The summed E-state index contributed by atoms with van der Waals surface area (Å²) in [5.74, 6) is -4.78. The molecular formula is C51H60N18O6. The number of guanidine groups is 3. The van der Waals surface area contributed by atoms with Crippen molar-refractivity contribution in [1.29, 1.82) is 0 Å². The Kier molecular flexibility index (Phi) is 17.6. The smallest absolute Gasteiger partial charge is 0.251 e. The number of fused-ring (bicyclic) bond motifs is 3. The molecule has 0 unspecified atom stereocenters. The van der Waals surface area contributed by atoms with Crippen molar-refractivity contribution >= 4 is 86.0 Å². The summed E-state index contributed by atoms with van der Waals surface area (Å²) in [6, 6.07) is 22.4. The van der Waals surface area contributed by atoms with Crippen LogP contribution in [-0.4, -0.2) is 126 Å². The van der Waals surface area contributed by atoms with Crippen LogP contribution in [0.4, 0.5) is 0 Å². The van der Waals surface area contributed by atoms with Crippen LogP contribution < -0.4 is 66.3 Å². The molecule has 0 aliphatic heterocycles. The Bertz CT molecular complexity index is 2930. The molecule has 0 radical (unpaired) electrons. The average molecular weight is 1020 g/mol. The molecule has 0 saturated carbocycles. The number of para-hydroxylation sites is 3. The maximum Gasteiger partial charge on any atom is 0.251 e. The van der Waals surface area contributed by atoms with E-state index in [0.29, 0.717) is 16.7 Å². The zero-order valence-electron chi connectivity index (χ0n) is 40.7. The van der Waals surface area contributed by atoms with Crippen molar-refractivity contribution in [3.63, 3.8) is 0 Å². The largest absolute Gasteiger partial charge is 0.370 e. The predicted molar refractivity (Wildman–Crippen MR) is 287 cm³/mol. The monoisotopic (exact) mass is 1020 g/mol. The molecule has 7 aromatic rings. The molecular weight excluding hydrogens is 961 g/mol. The SMILES string of the molecule is NC(N)=NCCNC(=O)[C@H](Cc1c[nH]c2ccccc12)NC(=O)c1cc(C(=O)N[C@@H](Cc2c[nH]c3ccccc23)C(=O)NCCN=C(N)N)cc(C(=O)N[C@@H](Cc2c[nH]c3ccccc23)C(=O)NCCN=C(N)N)c1. The lowest BCUT2D eigenvalue weighted by Gasteiger charge is -2.21. The molecule has 390 valence electrons. The van der Waals surface area contributed by atoms with Crippen LogP contribution in [-0.2, 0) is 33.6 Å². The van der Waals surface area contributed by atoms with E-state index in [9.17, 15) is 28.8 Å². The number of carbonyl (C=O) groups is 6. The molecule has 3 atom stereocenters. The Hall–Kier alpha value is -9.87. The third kappa shape index (κ3) is 14.4. The van der Waals surface area contributed by atoms with Crippen molar-refractivity contribution in [2.75, 3.05) is 39.3 Å². The number of nitrogens with one attached hydrogen (secondary N) is 9. The molecule has 24 heteroatoms. The van der Waals surface area contributed by atoms with Crippen molar-refractivity contribution in [2.45, 2.75) is 37.4 Å². The number of nitrogens with two attached hydrogens (primary N) is 6. The number of H-pyrrole nitrogens is 3. The molecule has 4 aromatic carbocycles. The first-order valence-corrected chi connectivity index (χ1v) is 23.9. The second-order valence-corrected chi connectivity index (χ2v) is 17.4. The van der Waals surface area contributed by atoms with E-state index in [1.165, 1.54) is 18.2 Å². The molecule has 3 heterocycles. The topological polar surface area (TPSA) is 415 Å². The molecule has 24 nitrogen and oxygen atoms in total. The number of aromatic amines is 3. The van der Waals surface area contributed by atoms with Gasteiger partial charge in [-0.05, 0) is 53.1 Å². The highest BCUT2D eigenvalue weighted by atomic mass is 16.2. The van der Waals surface area contributed by atoms with Crippen molar-refractivity contribution in [3.8, 4) is 0 Å². The first kappa shape index (κ1) is 52.9. The number of carbonyl (C=O) groups excluding carboxylic acids is 6. The first-order valence-electron chi connectivity index (χ1n) is 23.9. The van der Waals surface area contributed by atoms with Gasteiger partial charge in [0.1, 0.15) is 18.1 Å². The highest BCUT2D eigenvalue weighted by Gasteiger charge is 2.29. The Labute approximate surface area is 429 Å². The van der Waals surface area contributed by atoms with E-state index in [2.05, 4.69) is 61.8 Å². The zero-order valence-corrected chi connectivity index (χ0v) is 40.7. The van der Waals surface area contributed by atoms with E-state index in [1.54, 1.807) is 18.6 Å². The number of aromatic nitrogens is 3. The van der Waals surface area contributed by atoms with Crippen LogP contribution in [0.15, 0.2) is 125 Å². The maximum atomic E-state index is 14.6. The normalized spacial score (nSPS) is 12.2. The first-order chi connectivity index (χ1) is 36.1.